The summed E-state index contributed by atoms with van der Waals surface area (Å²) in [5.74, 6) is 2.17. The van der Waals surface area contributed by atoms with Crippen molar-refractivity contribution in [2.45, 2.75) is 24.9 Å². The zero-order valence-electron chi connectivity index (χ0n) is 16.5. The van der Waals surface area contributed by atoms with Gasteiger partial charge in [-0.3, -0.25) is 0 Å². The van der Waals surface area contributed by atoms with Crippen LogP contribution in [0.2, 0.25) is 5.02 Å². The molecule has 1 aliphatic heterocycles. The molecule has 0 radical (unpaired) electrons. The molecule has 2 aromatic heterocycles. The third-order valence-electron chi connectivity index (χ3n) is 5.39. The number of hydrogen-bond donors (Lipinski definition) is 1. The van der Waals surface area contributed by atoms with Crippen molar-refractivity contribution in [1.82, 2.24) is 19.6 Å². The molecule has 1 aromatic carbocycles. The molecule has 9 heteroatoms. The second kappa shape index (κ2) is 8.52. The number of nitrogens with one attached hydrogen (secondary N) is 1. The molecule has 1 saturated heterocycles. The van der Waals surface area contributed by atoms with Gasteiger partial charge in [0, 0.05) is 48.9 Å². The highest BCUT2D eigenvalue weighted by molar-refractivity contribution is 6.30. The second-order valence-electron chi connectivity index (χ2n) is 7.13. The van der Waals surface area contributed by atoms with Gasteiger partial charge in [0.15, 0.2) is 0 Å². The first-order valence-corrected chi connectivity index (χ1v) is 9.87. The molecular formula is C20H24ClN5O3. The van der Waals surface area contributed by atoms with Crippen LogP contribution >= 0.6 is 11.6 Å². The van der Waals surface area contributed by atoms with E-state index in [1.54, 1.807) is 18.7 Å². The molecule has 0 unspecified atom stereocenters. The highest BCUT2D eigenvalue weighted by Crippen LogP contribution is 2.41. The number of anilines is 1. The van der Waals surface area contributed by atoms with E-state index in [4.69, 9.17) is 25.8 Å². The lowest BCUT2D eigenvalue weighted by Crippen LogP contribution is -2.40. The van der Waals surface area contributed by atoms with Gasteiger partial charge < -0.3 is 19.5 Å². The Kier molecular flexibility index (Phi) is 5.84. The third-order valence-corrected chi connectivity index (χ3v) is 5.62. The van der Waals surface area contributed by atoms with E-state index < -0.39 is 0 Å². The zero-order valence-corrected chi connectivity index (χ0v) is 17.3. The Hall–Kier alpha value is -2.42. The Morgan fingerprint density at radius 1 is 1.24 bits per heavy atom. The van der Waals surface area contributed by atoms with Crippen LogP contribution in [0.25, 0.3) is 5.78 Å². The minimum atomic E-state index is -0.188. The van der Waals surface area contributed by atoms with E-state index in [9.17, 15) is 0 Å². The van der Waals surface area contributed by atoms with Crippen LogP contribution in [0.15, 0.2) is 30.6 Å². The van der Waals surface area contributed by atoms with E-state index in [1.165, 1.54) is 6.33 Å². The van der Waals surface area contributed by atoms with Crippen molar-refractivity contribution in [2.75, 3.05) is 39.3 Å². The van der Waals surface area contributed by atoms with Gasteiger partial charge in [-0.2, -0.15) is 14.6 Å². The van der Waals surface area contributed by atoms with Crippen LogP contribution in [0.5, 0.6) is 5.75 Å². The fourth-order valence-corrected chi connectivity index (χ4v) is 4.04. The molecule has 0 bridgehead atoms. The number of halogens is 1. The fourth-order valence-electron chi connectivity index (χ4n) is 3.87. The van der Waals surface area contributed by atoms with Crippen LogP contribution in [0, 0.1) is 0 Å². The van der Waals surface area contributed by atoms with Crippen LogP contribution in [0.3, 0.4) is 0 Å². The number of aromatic nitrogens is 4. The predicted octanol–water partition coefficient (Wildman–Crippen LogP) is 3.09. The molecule has 4 rings (SSSR count). The molecule has 0 atom stereocenters. The van der Waals surface area contributed by atoms with E-state index in [-0.39, 0.29) is 5.41 Å². The molecule has 8 nitrogen and oxygen atoms in total. The number of methoxy groups -OCH3 is 2. The van der Waals surface area contributed by atoms with Crippen LogP contribution in [-0.4, -0.2) is 53.6 Å². The summed E-state index contributed by atoms with van der Waals surface area (Å²) in [6.07, 6.45) is 3.20. The summed E-state index contributed by atoms with van der Waals surface area (Å²) in [4.78, 5) is 8.68. The maximum atomic E-state index is 6.34. The number of hydrogen-bond acceptors (Lipinski definition) is 7. The lowest BCUT2D eigenvalue weighted by molar-refractivity contribution is 0.0535. The van der Waals surface area contributed by atoms with Crippen LogP contribution in [0.1, 0.15) is 24.1 Å². The first-order chi connectivity index (χ1) is 14.1. The SMILES string of the molecule is COCc1cc(NCC2(c3cc(Cl)ccc3OC)CCOCC2)n2ncnc2n1. The van der Waals surface area contributed by atoms with E-state index in [1.807, 2.05) is 24.3 Å². The van der Waals surface area contributed by atoms with Gasteiger partial charge in [-0.1, -0.05) is 11.6 Å². The Morgan fingerprint density at radius 3 is 2.83 bits per heavy atom. The fraction of sp³-hybridized carbons (Fsp3) is 0.450. The van der Waals surface area contributed by atoms with Crippen molar-refractivity contribution in [2.24, 2.45) is 0 Å². The Labute approximate surface area is 174 Å². The first-order valence-electron chi connectivity index (χ1n) is 9.49. The van der Waals surface area contributed by atoms with E-state index in [2.05, 4.69) is 20.4 Å². The van der Waals surface area contributed by atoms with E-state index in [0.29, 0.717) is 37.2 Å². The number of nitrogens with zero attached hydrogens (tertiary/aromatic N) is 4. The molecule has 0 aliphatic carbocycles. The zero-order chi connectivity index (χ0) is 20.3. The summed E-state index contributed by atoms with van der Waals surface area (Å²) >= 11 is 6.34. The predicted molar refractivity (Wildman–Crippen MR) is 110 cm³/mol. The summed E-state index contributed by atoms with van der Waals surface area (Å²) < 4.78 is 18.2. The number of fused-ring (bicyclic) bond motifs is 1. The molecular weight excluding hydrogens is 394 g/mol. The van der Waals surface area contributed by atoms with Crippen LogP contribution < -0.4 is 10.1 Å². The van der Waals surface area contributed by atoms with Gasteiger partial charge in [0.25, 0.3) is 5.78 Å². The molecule has 154 valence electrons. The standard InChI is InChI=1S/C20H24ClN5O3/c1-27-11-15-10-18(26-19(25-15)23-13-24-26)22-12-20(5-7-29-8-6-20)16-9-14(21)3-4-17(16)28-2/h3-4,9-10,13,22H,5-8,11-12H2,1-2H3. The molecule has 0 amide bonds. The van der Waals surface area contributed by atoms with Crippen molar-refractivity contribution >= 4 is 23.2 Å². The average Bonchev–Trinajstić information content (AvgIpc) is 3.22. The molecule has 3 aromatic rings. The van der Waals surface area contributed by atoms with Crippen LogP contribution in [-0.2, 0) is 21.5 Å². The number of rotatable bonds is 7. The highest BCUT2D eigenvalue weighted by atomic mass is 35.5. The van der Waals surface area contributed by atoms with Gasteiger partial charge in [0.1, 0.15) is 17.9 Å². The third kappa shape index (κ3) is 4.01. The lowest BCUT2D eigenvalue weighted by atomic mass is 9.73. The van der Waals surface area contributed by atoms with Gasteiger partial charge in [0.2, 0.25) is 0 Å². The topological polar surface area (TPSA) is 82.8 Å². The maximum Gasteiger partial charge on any atom is 0.254 e. The van der Waals surface area contributed by atoms with Crippen molar-refractivity contribution in [3.8, 4) is 5.75 Å². The molecule has 1 fully saturated rings. The Morgan fingerprint density at radius 2 is 2.07 bits per heavy atom. The van der Waals surface area contributed by atoms with Crippen molar-refractivity contribution < 1.29 is 14.2 Å². The van der Waals surface area contributed by atoms with Crippen LogP contribution in [0.4, 0.5) is 5.82 Å². The molecule has 29 heavy (non-hydrogen) atoms. The number of benzene rings is 1. The van der Waals surface area contributed by atoms with Gasteiger partial charge in [-0.25, -0.2) is 4.98 Å². The van der Waals surface area contributed by atoms with E-state index in [0.717, 1.165) is 35.7 Å². The summed E-state index contributed by atoms with van der Waals surface area (Å²) in [6, 6.07) is 7.71. The summed E-state index contributed by atoms with van der Waals surface area (Å²) in [5.41, 5.74) is 1.69. The minimum absolute atomic E-state index is 0.188. The van der Waals surface area contributed by atoms with E-state index >= 15 is 0 Å². The molecule has 3 heterocycles. The smallest absolute Gasteiger partial charge is 0.254 e. The number of ether oxygens (including phenoxy) is 3. The van der Waals surface area contributed by atoms with Gasteiger partial charge in [-0.15, -0.1) is 0 Å². The monoisotopic (exact) mass is 417 g/mol. The maximum absolute atomic E-state index is 6.34. The molecule has 0 spiro atoms. The van der Waals surface area contributed by atoms with Crippen molar-refractivity contribution in [1.29, 1.82) is 0 Å². The minimum Gasteiger partial charge on any atom is -0.496 e. The molecule has 0 saturated carbocycles. The average molecular weight is 418 g/mol. The quantitative estimate of drug-likeness (QED) is 0.632. The largest absolute Gasteiger partial charge is 0.496 e. The highest BCUT2D eigenvalue weighted by Gasteiger charge is 2.37. The normalized spacial score (nSPS) is 16.1. The second-order valence-corrected chi connectivity index (χ2v) is 7.56. The molecule has 1 aliphatic rings. The Balaban J connectivity index is 1.70. The van der Waals surface area contributed by atoms with Gasteiger partial charge in [-0.05, 0) is 31.0 Å². The molecule has 1 N–H and O–H groups in total. The lowest BCUT2D eigenvalue weighted by Gasteiger charge is -2.39. The Bertz CT molecular complexity index is 987. The van der Waals surface area contributed by atoms with Crippen molar-refractivity contribution in [3.63, 3.8) is 0 Å². The summed E-state index contributed by atoms with van der Waals surface area (Å²) in [7, 11) is 3.33. The van der Waals surface area contributed by atoms with Gasteiger partial charge in [0.05, 0.1) is 19.4 Å². The van der Waals surface area contributed by atoms with Crippen molar-refractivity contribution in [3.05, 3.63) is 46.9 Å². The summed E-state index contributed by atoms with van der Waals surface area (Å²) in [5, 5.41) is 8.55. The summed E-state index contributed by atoms with van der Waals surface area (Å²) in [6.45, 7) is 2.43. The first kappa shape index (κ1) is 19.9. The van der Waals surface area contributed by atoms with Gasteiger partial charge >= 0.3 is 0 Å².